The maximum atomic E-state index is 11.7. The van der Waals surface area contributed by atoms with E-state index in [2.05, 4.69) is 15.2 Å². The van der Waals surface area contributed by atoms with Crippen molar-refractivity contribution >= 4 is 29.5 Å². The van der Waals surface area contributed by atoms with Gasteiger partial charge in [0, 0.05) is 30.7 Å². The molecule has 2 heterocycles. The third kappa shape index (κ3) is 5.40. The van der Waals surface area contributed by atoms with Crippen LogP contribution in [0.15, 0.2) is 5.38 Å². The van der Waals surface area contributed by atoms with Gasteiger partial charge in [0.15, 0.2) is 3.95 Å². The number of hydrogen-bond acceptors (Lipinski definition) is 5. The van der Waals surface area contributed by atoms with E-state index in [1.807, 2.05) is 5.38 Å². The van der Waals surface area contributed by atoms with Crippen molar-refractivity contribution in [1.29, 1.82) is 0 Å². The fraction of sp³-hybridized carbons (Fsp3) is 0.667. The lowest BCUT2D eigenvalue weighted by Crippen LogP contribution is -2.38. The second kappa shape index (κ2) is 7.74. The second-order valence-electron chi connectivity index (χ2n) is 4.51. The molecule has 1 aromatic rings. The molecule has 1 aliphatic heterocycles. The number of rotatable bonds is 6. The summed E-state index contributed by atoms with van der Waals surface area (Å²) in [7, 11) is 0. The van der Waals surface area contributed by atoms with Crippen molar-refractivity contribution in [2.24, 2.45) is 0 Å². The SMILES string of the molecule is O=C(Cc1csc(=S)[nH]1)NCCCN1CCOCC1. The molecule has 2 N–H and O–H groups in total. The van der Waals surface area contributed by atoms with Gasteiger partial charge in [0.05, 0.1) is 19.6 Å². The van der Waals surface area contributed by atoms with E-state index in [-0.39, 0.29) is 5.91 Å². The third-order valence-corrected chi connectivity index (χ3v) is 4.11. The molecule has 1 saturated heterocycles. The minimum atomic E-state index is 0.0472. The first kappa shape index (κ1) is 14.6. The Morgan fingerprint density at radius 2 is 2.32 bits per heavy atom. The van der Waals surface area contributed by atoms with Gasteiger partial charge in [-0.15, -0.1) is 11.3 Å². The molecule has 0 saturated carbocycles. The number of carbonyl (C=O) groups is 1. The number of nitrogens with zero attached hydrogens (tertiary/aromatic N) is 1. The standard InChI is InChI=1S/C12H19N3O2S2/c16-11(8-10-9-19-12(18)14-10)13-2-1-3-15-4-6-17-7-5-15/h9H,1-8H2,(H,13,16)(H,14,18). The number of morpholine rings is 1. The lowest BCUT2D eigenvalue weighted by molar-refractivity contribution is -0.120. The predicted molar refractivity (Wildman–Crippen MR) is 78.1 cm³/mol. The van der Waals surface area contributed by atoms with Crippen molar-refractivity contribution in [2.45, 2.75) is 12.8 Å². The number of aromatic nitrogens is 1. The molecular formula is C12H19N3O2S2. The number of nitrogens with one attached hydrogen (secondary N) is 2. The molecule has 19 heavy (non-hydrogen) atoms. The summed E-state index contributed by atoms with van der Waals surface area (Å²) in [5.41, 5.74) is 0.890. The summed E-state index contributed by atoms with van der Waals surface area (Å²) in [6.07, 6.45) is 1.36. The van der Waals surface area contributed by atoms with Gasteiger partial charge in [-0.2, -0.15) is 0 Å². The van der Waals surface area contributed by atoms with Crippen LogP contribution in [0, 0.1) is 3.95 Å². The first-order chi connectivity index (χ1) is 9.24. The minimum Gasteiger partial charge on any atom is -0.379 e. The zero-order chi connectivity index (χ0) is 13.5. The Morgan fingerprint density at radius 1 is 1.53 bits per heavy atom. The van der Waals surface area contributed by atoms with Crippen LogP contribution in [0.4, 0.5) is 0 Å². The Morgan fingerprint density at radius 3 is 3.00 bits per heavy atom. The highest BCUT2D eigenvalue weighted by molar-refractivity contribution is 7.73. The van der Waals surface area contributed by atoms with Gasteiger partial charge in [-0.05, 0) is 25.2 Å². The summed E-state index contributed by atoms with van der Waals surface area (Å²) >= 11 is 6.43. The molecule has 7 heteroatoms. The van der Waals surface area contributed by atoms with Gasteiger partial charge < -0.3 is 15.0 Å². The average Bonchev–Trinajstić information content (AvgIpc) is 2.81. The molecule has 5 nitrogen and oxygen atoms in total. The second-order valence-corrected chi connectivity index (χ2v) is 6.05. The number of hydrogen-bond donors (Lipinski definition) is 2. The van der Waals surface area contributed by atoms with Crippen molar-refractivity contribution in [3.63, 3.8) is 0 Å². The van der Waals surface area contributed by atoms with Gasteiger partial charge in [-0.1, -0.05) is 0 Å². The van der Waals surface area contributed by atoms with E-state index in [0.29, 0.717) is 6.42 Å². The molecule has 1 amide bonds. The molecule has 1 fully saturated rings. The smallest absolute Gasteiger partial charge is 0.225 e. The Kier molecular flexibility index (Phi) is 5.96. The normalized spacial score (nSPS) is 16.4. The van der Waals surface area contributed by atoms with Gasteiger partial charge in [-0.3, -0.25) is 9.69 Å². The number of carbonyl (C=O) groups excluding carboxylic acids is 1. The summed E-state index contributed by atoms with van der Waals surface area (Å²) in [6, 6.07) is 0. The minimum absolute atomic E-state index is 0.0472. The predicted octanol–water partition coefficient (Wildman–Crippen LogP) is 1.19. The van der Waals surface area contributed by atoms with Crippen molar-refractivity contribution in [1.82, 2.24) is 15.2 Å². The maximum Gasteiger partial charge on any atom is 0.225 e. The highest BCUT2D eigenvalue weighted by Crippen LogP contribution is 2.04. The van der Waals surface area contributed by atoms with Gasteiger partial charge >= 0.3 is 0 Å². The van der Waals surface area contributed by atoms with Crippen LogP contribution in [0.25, 0.3) is 0 Å². The zero-order valence-corrected chi connectivity index (χ0v) is 12.4. The van der Waals surface area contributed by atoms with Crippen molar-refractivity contribution in [3.8, 4) is 0 Å². The summed E-state index contributed by atoms with van der Waals surface area (Å²) in [5.74, 6) is 0.0472. The molecule has 0 atom stereocenters. The van der Waals surface area contributed by atoms with Gasteiger partial charge in [-0.25, -0.2) is 0 Å². The van der Waals surface area contributed by atoms with E-state index in [0.717, 1.165) is 55.5 Å². The van der Waals surface area contributed by atoms with Gasteiger partial charge in [0.2, 0.25) is 5.91 Å². The molecule has 1 aliphatic rings. The number of aromatic amines is 1. The maximum absolute atomic E-state index is 11.7. The first-order valence-corrected chi connectivity index (χ1v) is 7.76. The van der Waals surface area contributed by atoms with E-state index in [1.54, 1.807) is 0 Å². The first-order valence-electron chi connectivity index (χ1n) is 6.47. The largest absolute Gasteiger partial charge is 0.379 e. The van der Waals surface area contributed by atoms with Crippen LogP contribution in [-0.2, 0) is 16.0 Å². The molecular weight excluding hydrogens is 282 g/mol. The lowest BCUT2D eigenvalue weighted by atomic mass is 10.3. The van der Waals surface area contributed by atoms with Crippen LogP contribution in [0.5, 0.6) is 0 Å². The molecule has 0 radical (unpaired) electrons. The van der Waals surface area contributed by atoms with E-state index in [1.165, 1.54) is 11.3 Å². The fourth-order valence-electron chi connectivity index (χ4n) is 1.99. The monoisotopic (exact) mass is 301 g/mol. The third-order valence-electron chi connectivity index (χ3n) is 3.00. The fourth-order valence-corrected chi connectivity index (χ4v) is 2.85. The van der Waals surface area contributed by atoms with Crippen molar-refractivity contribution in [2.75, 3.05) is 39.4 Å². The molecule has 0 unspecified atom stereocenters. The van der Waals surface area contributed by atoms with Crippen molar-refractivity contribution in [3.05, 3.63) is 15.0 Å². The number of H-pyrrole nitrogens is 1. The summed E-state index contributed by atoms with van der Waals surface area (Å²) in [4.78, 5) is 17.0. The summed E-state index contributed by atoms with van der Waals surface area (Å²) in [5, 5.41) is 4.83. The number of thiazole rings is 1. The van der Waals surface area contributed by atoms with E-state index in [4.69, 9.17) is 17.0 Å². The van der Waals surface area contributed by atoms with Gasteiger partial charge in [0.25, 0.3) is 0 Å². The highest BCUT2D eigenvalue weighted by atomic mass is 32.1. The molecule has 0 spiro atoms. The van der Waals surface area contributed by atoms with Crippen LogP contribution in [0.1, 0.15) is 12.1 Å². The lowest BCUT2D eigenvalue weighted by Gasteiger charge is -2.26. The van der Waals surface area contributed by atoms with E-state index < -0.39 is 0 Å². The topological polar surface area (TPSA) is 57.4 Å². The molecule has 0 aromatic carbocycles. The molecule has 0 aliphatic carbocycles. The van der Waals surface area contributed by atoms with Crippen LogP contribution in [0.3, 0.4) is 0 Å². The number of amides is 1. The molecule has 0 bridgehead atoms. The average molecular weight is 301 g/mol. The van der Waals surface area contributed by atoms with Crippen LogP contribution in [-0.4, -0.2) is 55.2 Å². The quantitative estimate of drug-likeness (QED) is 0.612. The van der Waals surface area contributed by atoms with Crippen molar-refractivity contribution < 1.29 is 9.53 Å². The number of ether oxygens (including phenoxy) is 1. The molecule has 2 rings (SSSR count). The van der Waals surface area contributed by atoms with Crippen LogP contribution >= 0.6 is 23.6 Å². The summed E-state index contributed by atoms with van der Waals surface area (Å²) in [6.45, 7) is 5.39. The Bertz CT molecular complexity index is 452. The molecule has 1 aromatic heterocycles. The highest BCUT2D eigenvalue weighted by Gasteiger charge is 2.09. The van der Waals surface area contributed by atoms with Crippen LogP contribution in [0.2, 0.25) is 0 Å². The van der Waals surface area contributed by atoms with Gasteiger partial charge in [0.1, 0.15) is 0 Å². The summed E-state index contributed by atoms with van der Waals surface area (Å²) < 4.78 is 6.01. The Balaban J connectivity index is 1.57. The zero-order valence-electron chi connectivity index (χ0n) is 10.8. The van der Waals surface area contributed by atoms with E-state index in [9.17, 15) is 4.79 Å². The van der Waals surface area contributed by atoms with E-state index >= 15 is 0 Å². The Hall–Kier alpha value is -0.760. The van der Waals surface area contributed by atoms with Crippen LogP contribution < -0.4 is 5.32 Å². The molecule has 106 valence electrons. The Labute approximate surface area is 122 Å².